The fourth-order valence-electron chi connectivity index (χ4n) is 2.10. The minimum absolute atomic E-state index is 0.0398. The first-order valence-electron chi connectivity index (χ1n) is 6.41. The topological polar surface area (TPSA) is 50.4 Å². The van der Waals surface area contributed by atoms with Crippen molar-refractivity contribution in [3.63, 3.8) is 0 Å². The van der Waals surface area contributed by atoms with Crippen LogP contribution < -0.4 is 10.6 Å². The number of carbonyl (C=O) groups is 1. The van der Waals surface area contributed by atoms with Crippen molar-refractivity contribution in [2.75, 3.05) is 11.9 Å². The standard InChI is InChI=1S/C14H20N2O2/c1-10-5-7-12(8-6-10)16-14(17)15-11(2)13-4-3-9-18-13/h5-8,11,13H,3-4,9H2,1-2H3,(H2,15,16,17)/t11-,13+/m1/s1. The van der Waals surface area contributed by atoms with Gasteiger partial charge in [-0.05, 0) is 38.8 Å². The minimum Gasteiger partial charge on any atom is -0.376 e. The van der Waals surface area contributed by atoms with Gasteiger partial charge in [0.25, 0.3) is 0 Å². The normalized spacial score (nSPS) is 20.4. The first-order chi connectivity index (χ1) is 8.65. The highest BCUT2D eigenvalue weighted by Crippen LogP contribution is 2.15. The molecule has 0 aromatic heterocycles. The number of nitrogens with one attached hydrogen (secondary N) is 2. The summed E-state index contributed by atoms with van der Waals surface area (Å²) in [5, 5.41) is 5.73. The largest absolute Gasteiger partial charge is 0.376 e. The lowest BCUT2D eigenvalue weighted by atomic mass is 10.1. The van der Waals surface area contributed by atoms with Crippen LogP contribution in [-0.4, -0.2) is 24.8 Å². The molecule has 2 N–H and O–H groups in total. The zero-order valence-corrected chi connectivity index (χ0v) is 10.9. The van der Waals surface area contributed by atoms with Crippen molar-refractivity contribution in [2.45, 2.75) is 38.8 Å². The second kappa shape index (κ2) is 5.87. The van der Waals surface area contributed by atoms with E-state index in [-0.39, 0.29) is 18.2 Å². The van der Waals surface area contributed by atoms with E-state index >= 15 is 0 Å². The molecule has 1 aliphatic rings. The maximum Gasteiger partial charge on any atom is 0.319 e. The number of amides is 2. The first kappa shape index (κ1) is 12.9. The Kier molecular flexibility index (Phi) is 4.20. The van der Waals surface area contributed by atoms with Gasteiger partial charge in [0.15, 0.2) is 0 Å². The highest BCUT2D eigenvalue weighted by molar-refractivity contribution is 5.89. The molecule has 98 valence electrons. The summed E-state index contributed by atoms with van der Waals surface area (Å²) in [5.41, 5.74) is 1.98. The molecule has 1 heterocycles. The van der Waals surface area contributed by atoms with Gasteiger partial charge in [-0.25, -0.2) is 4.79 Å². The molecule has 2 atom stereocenters. The van der Waals surface area contributed by atoms with E-state index in [4.69, 9.17) is 4.74 Å². The molecule has 4 heteroatoms. The molecule has 1 aromatic carbocycles. The SMILES string of the molecule is Cc1ccc(NC(=O)N[C@H](C)[C@@H]2CCCO2)cc1. The summed E-state index contributed by atoms with van der Waals surface area (Å²) in [6.45, 7) is 4.80. The zero-order chi connectivity index (χ0) is 13.0. The predicted molar refractivity (Wildman–Crippen MR) is 71.8 cm³/mol. The molecule has 4 nitrogen and oxygen atoms in total. The molecule has 0 aliphatic carbocycles. The fraction of sp³-hybridized carbons (Fsp3) is 0.500. The minimum atomic E-state index is -0.179. The second-order valence-corrected chi connectivity index (χ2v) is 4.80. The second-order valence-electron chi connectivity index (χ2n) is 4.80. The van der Waals surface area contributed by atoms with E-state index in [1.54, 1.807) is 0 Å². The maximum absolute atomic E-state index is 11.8. The smallest absolute Gasteiger partial charge is 0.319 e. The Hall–Kier alpha value is -1.55. The highest BCUT2D eigenvalue weighted by atomic mass is 16.5. The molecule has 0 spiro atoms. The number of hydrogen-bond donors (Lipinski definition) is 2. The van der Waals surface area contributed by atoms with Crippen LogP contribution >= 0.6 is 0 Å². The molecule has 0 unspecified atom stereocenters. The molecule has 1 saturated heterocycles. The van der Waals surface area contributed by atoms with Crippen LogP contribution in [0.4, 0.5) is 10.5 Å². The molecule has 0 radical (unpaired) electrons. The monoisotopic (exact) mass is 248 g/mol. The third kappa shape index (κ3) is 3.47. The molecule has 1 fully saturated rings. The number of carbonyl (C=O) groups excluding carboxylic acids is 1. The summed E-state index contributed by atoms with van der Waals surface area (Å²) >= 11 is 0. The molecule has 2 amide bonds. The van der Waals surface area contributed by atoms with Crippen LogP contribution in [0.15, 0.2) is 24.3 Å². The van der Waals surface area contributed by atoms with Gasteiger partial charge in [-0.3, -0.25) is 0 Å². The first-order valence-corrected chi connectivity index (χ1v) is 6.41. The van der Waals surface area contributed by atoms with Crippen LogP contribution in [0, 0.1) is 6.92 Å². The number of ether oxygens (including phenoxy) is 1. The van der Waals surface area contributed by atoms with Crippen LogP contribution in [-0.2, 0) is 4.74 Å². The van der Waals surface area contributed by atoms with Gasteiger partial charge in [-0.15, -0.1) is 0 Å². The summed E-state index contributed by atoms with van der Waals surface area (Å²) in [5.74, 6) is 0. The van der Waals surface area contributed by atoms with Crippen LogP contribution in [0.2, 0.25) is 0 Å². The third-order valence-corrected chi connectivity index (χ3v) is 3.19. The number of anilines is 1. The van der Waals surface area contributed by atoms with Gasteiger partial charge < -0.3 is 15.4 Å². The quantitative estimate of drug-likeness (QED) is 0.864. The Morgan fingerprint density at radius 3 is 2.72 bits per heavy atom. The maximum atomic E-state index is 11.8. The zero-order valence-electron chi connectivity index (χ0n) is 10.9. The van der Waals surface area contributed by atoms with Gasteiger partial charge in [-0.1, -0.05) is 17.7 Å². The highest BCUT2D eigenvalue weighted by Gasteiger charge is 2.23. The van der Waals surface area contributed by atoms with Crippen molar-refractivity contribution in [2.24, 2.45) is 0 Å². The van der Waals surface area contributed by atoms with E-state index in [9.17, 15) is 4.79 Å². The van der Waals surface area contributed by atoms with E-state index in [1.807, 2.05) is 38.1 Å². The van der Waals surface area contributed by atoms with Crippen LogP contribution in [0.1, 0.15) is 25.3 Å². The summed E-state index contributed by atoms with van der Waals surface area (Å²) in [6, 6.07) is 7.59. The summed E-state index contributed by atoms with van der Waals surface area (Å²) in [4.78, 5) is 11.8. The Labute approximate surface area is 108 Å². The van der Waals surface area contributed by atoms with Crippen LogP contribution in [0.5, 0.6) is 0 Å². The molecule has 2 rings (SSSR count). The molecule has 1 aliphatic heterocycles. The molecule has 0 bridgehead atoms. The van der Waals surface area contributed by atoms with E-state index < -0.39 is 0 Å². The van der Waals surface area contributed by atoms with Crippen molar-refractivity contribution in [3.05, 3.63) is 29.8 Å². The summed E-state index contributed by atoms with van der Waals surface area (Å²) < 4.78 is 5.54. The van der Waals surface area contributed by atoms with Crippen molar-refractivity contribution >= 4 is 11.7 Å². The molecule has 18 heavy (non-hydrogen) atoms. The number of rotatable bonds is 3. The molecular formula is C14H20N2O2. The Morgan fingerprint density at radius 2 is 2.11 bits per heavy atom. The fourth-order valence-corrected chi connectivity index (χ4v) is 2.10. The van der Waals surface area contributed by atoms with E-state index in [0.717, 1.165) is 25.1 Å². The van der Waals surface area contributed by atoms with Gasteiger partial charge in [0.2, 0.25) is 0 Å². The average molecular weight is 248 g/mol. The molecule has 1 aromatic rings. The third-order valence-electron chi connectivity index (χ3n) is 3.19. The Morgan fingerprint density at radius 1 is 1.39 bits per heavy atom. The Bertz CT molecular complexity index is 397. The number of hydrogen-bond acceptors (Lipinski definition) is 2. The van der Waals surface area contributed by atoms with Gasteiger partial charge in [0.05, 0.1) is 12.1 Å². The van der Waals surface area contributed by atoms with E-state index in [1.165, 1.54) is 5.56 Å². The predicted octanol–water partition coefficient (Wildman–Crippen LogP) is 2.68. The van der Waals surface area contributed by atoms with Gasteiger partial charge >= 0.3 is 6.03 Å². The molecule has 0 saturated carbocycles. The number of aryl methyl sites for hydroxylation is 1. The van der Waals surface area contributed by atoms with E-state index in [2.05, 4.69) is 10.6 Å². The van der Waals surface area contributed by atoms with Gasteiger partial charge in [0, 0.05) is 12.3 Å². The Balaban J connectivity index is 1.82. The molecular weight excluding hydrogens is 228 g/mol. The van der Waals surface area contributed by atoms with E-state index in [0.29, 0.717) is 0 Å². The lowest BCUT2D eigenvalue weighted by Gasteiger charge is -2.20. The van der Waals surface area contributed by atoms with Gasteiger partial charge in [-0.2, -0.15) is 0 Å². The number of benzene rings is 1. The van der Waals surface area contributed by atoms with Crippen molar-refractivity contribution < 1.29 is 9.53 Å². The van der Waals surface area contributed by atoms with Crippen molar-refractivity contribution in [1.82, 2.24) is 5.32 Å². The summed E-state index contributed by atoms with van der Waals surface area (Å²) in [7, 11) is 0. The lowest BCUT2D eigenvalue weighted by molar-refractivity contribution is 0.0868. The average Bonchev–Trinajstić information content (AvgIpc) is 2.85. The van der Waals surface area contributed by atoms with Crippen molar-refractivity contribution in [1.29, 1.82) is 0 Å². The van der Waals surface area contributed by atoms with Crippen LogP contribution in [0.25, 0.3) is 0 Å². The van der Waals surface area contributed by atoms with Crippen molar-refractivity contribution in [3.8, 4) is 0 Å². The van der Waals surface area contributed by atoms with Crippen LogP contribution in [0.3, 0.4) is 0 Å². The van der Waals surface area contributed by atoms with Gasteiger partial charge in [0.1, 0.15) is 0 Å². The lowest BCUT2D eigenvalue weighted by Crippen LogP contribution is -2.42. The summed E-state index contributed by atoms with van der Waals surface area (Å²) in [6.07, 6.45) is 2.25. The number of urea groups is 1.